The highest BCUT2D eigenvalue weighted by molar-refractivity contribution is 6.32. The lowest BCUT2D eigenvalue weighted by atomic mass is 10.1. The molecule has 0 N–H and O–H groups in total. The summed E-state index contributed by atoms with van der Waals surface area (Å²) in [5, 5.41) is 6.37. The standard InChI is InChI=1S/C17H13ClN2O/c1-12-16(11-13-5-3-2-4-6-13)17(21)20(19-12)15-9-7-14(18)8-10-15/h2-11H,1H3/b16-11-. The summed E-state index contributed by atoms with van der Waals surface area (Å²) in [6.07, 6.45) is 1.86. The molecule has 1 aliphatic rings. The van der Waals surface area contributed by atoms with E-state index in [1.165, 1.54) is 5.01 Å². The first kappa shape index (κ1) is 13.6. The van der Waals surface area contributed by atoms with Crippen molar-refractivity contribution >= 4 is 35.0 Å². The molecule has 0 aromatic heterocycles. The third kappa shape index (κ3) is 2.73. The number of hydrazone groups is 1. The van der Waals surface area contributed by atoms with Gasteiger partial charge < -0.3 is 0 Å². The third-order valence-corrected chi connectivity index (χ3v) is 3.50. The summed E-state index contributed by atoms with van der Waals surface area (Å²) >= 11 is 5.87. The van der Waals surface area contributed by atoms with Crippen molar-refractivity contribution in [3.05, 3.63) is 70.8 Å². The van der Waals surface area contributed by atoms with Crippen LogP contribution in [-0.4, -0.2) is 11.6 Å². The van der Waals surface area contributed by atoms with Crippen LogP contribution in [0.5, 0.6) is 0 Å². The molecule has 104 valence electrons. The van der Waals surface area contributed by atoms with E-state index in [9.17, 15) is 4.79 Å². The maximum atomic E-state index is 12.5. The van der Waals surface area contributed by atoms with Gasteiger partial charge in [-0.05, 0) is 42.8 Å². The average molecular weight is 297 g/mol. The quantitative estimate of drug-likeness (QED) is 0.766. The summed E-state index contributed by atoms with van der Waals surface area (Å²) in [6.45, 7) is 1.84. The number of carbonyl (C=O) groups is 1. The van der Waals surface area contributed by atoms with Crippen molar-refractivity contribution in [1.29, 1.82) is 0 Å². The second-order valence-electron chi connectivity index (χ2n) is 4.75. The van der Waals surface area contributed by atoms with Gasteiger partial charge in [0.05, 0.1) is 17.0 Å². The monoisotopic (exact) mass is 296 g/mol. The number of carbonyl (C=O) groups excluding carboxylic acids is 1. The van der Waals surface area contributed by atoms with Crippen LogP contribution >= 0.6 is 11.6 Å². The number of halogens is 1. The Morgan fingerprint density at radius 1 is 1.05 bits per heavy atom. The average Bonchev–Trinajstić information content (AvgIpc) is 2.77. The molecule has 0 spiro atoms. The van der Waals surface area contributed by atoms with E-state index in [1.54, 1.807) is 24.3 Å². The highest BCUT2D eigenvalue weighted by Gasteiger charge is 2.28. The van der Waals surface area contributed by atoms with Crippen molar-refractivity contribution in [2.75, 3.05) is 5.01 Å². The maximum Gasteiger partial charge on any atom is 0.280 e. The molecular formula is C17H13ClN2O. The zero-order valence-corrected chi connectivity index (χ0v) is 12.2. The fourth-order valence-electron chi connectivity index (χ4n) is 2.16. The van der Waals surface area contributed by atoms with E-state index in [0.717, 1.165) is 5.56 Å². The third-order valence-electron chi connectivity index (χ3n) is 3.24. The zero-order valence-electron chi connectivity index (χ0n) is 11.5. The predicted molar refractivity (Wildman–Crippen MR) is 86.5 cm³/mol. The van der Waals surface area contributed by atoms with Gasteiger partial charge in [-0.2, -0.15) is 10.1 Å². The van der Waals surface area contributed by atoms with Crippen molar-refractivity contribution in [3.63, 3.8) is 0 Å². The first-order chi connectivity index (χ1) is 10.1. The molecule has 2 aromatic rings. The first-order valence-corrected chi connectivity index (χ1v) is 6.95. The fraction of sp³-hybridized carbons (Fsp3) is 0.0588. The molecule has 0 aliphatic carbocycles. The summed E-state index contributed by atoms with van der Waals surface area (Å²) in [5.74, 6) is -0.126. The van der Waals surface area contributed by atoms with Crippen LogP contribution in [0.2, 0.25) is 5.02 Å². The van der Waals surface area contributed by atoms with Crippen LogP contribution in [0.4, 0.5) is 5.69 Å². The van der Waals surface area contributed by atoms with Gasteiger partial charge in [0.1, 0.15) is 0 Å². The second-order valence-corrected chi connectivity index (χ2v) is 5.18. The summed E-state index contributed by atoms with van der Waals surface area (Å²) in [7, 11) is 0. The number of rotatable bonds is 2. The number of amides is 1. The van der Waals surface area contributed by atoms with Crippen LogP contribution < -0.4 is 5.01 Å². The zero-order chi connectivity index (χ0) is 14.8. The minimum atomic E-state index is -0.126. The molecule has 0 atom stereocenters. The van der Waals surface area contributed by atoms with Gasteiger partial charge in [0.25, 0.3) is 5.91 Å². The molecule has 0 fully saturated rings. The fourth-order valence-corrected chi connectivity index (χ4v) is 2.28. The summed E-state index contributed by atoms with van der Waals surface area (Å²) in [6, 6.07) is 16.8. The van der Waals surface area contributed by atoms with Gasteiger partial charge in [0.15, 0.2) is 0 Å². The van der Waals surface area contributed by atoms with Crippen molar-refractivity contribution in [3.8, 4) is 0 Å². The largest absolute Gasteiger partial charge is 0.280 e. The Labute approximate surface area is 128 Å². The molecule has 21 heavy (non-hydrogen) atoms. The van der Waals surface area contributed by atoms with E-state index >= 15 is 0 Å². The minimum Gasteiger partial charge on any atom is -0.267 e. The van der Waals surface area contributed by atoms with Crippen LogP contribution in [0, 0.1) is 0 Å². The Hall–Kier alpha value is -2.39. The molecule has 0 radical (unpaired) electrons. The molecule has 1 heterocycles. The highest BCUT2D eigenvalue weighted by Crippen LogP contribution is 2.26. The van der Waals surface area contributed by atoms with Crippen LogP contribution in [0.3, 0.4) is 0 Å². The molecule has 0 saturated carbocycles. The lowest BCUT2D eigenvalue weighted by Gasteiger charge is -2.11. The first-order valence-electron chi connectivity index (χ1n) is 6.57. The molecule has 1 amide bonds. The van der Waals surface area contributed by atoms with Crippen molar-refractivity contribution in [1.82, 2.24) is 0 Å². The van der Waals surface area contributed by atoms with Gasteiger partial charge in [-0.1, -0.05) is 41.9 Å². The minimum absolute atomic E-state index is 0.126. The Bertz CT molecular complexity index is 733. The van der Waals surface area contributed by atoms with Crippen molar-refractivity contribution in [2.24, 2.45) is 5.10 Å². The SMILES string of the molecule is CC1=NN(c2ccc(Cl)cc2)C(=O)/C1=C\c1ccccc1. The number of benzene rings is 2. The molecule has 0 saturated heterocycles. The van der Waals surface area contributed by atoms with E-state index in [4.69, 9.17) is 11.6 Å². The predicted octanol–water partition coefficient (Wildman–Crippen LogP) is 4.15. The highest BCUT2D eigenvalue weighted by atomic mass is 35.5. The topological polar surface area (TPSA) is 32.7 Å². The molecule has 1 aliphatic heterocycles. The van der Waals surface area contributed by atoms with Crippen LogP contribution in [0.25, 0.3) is 6.08 Å². The summed E-state index contributed by atoms with van der Waals surface area (Å²) in [4.78, 5) is 12.5. The van der Waals surface area contributed by atoms with Gasteiger partial charge in [-0.25, -0.2) is 0 Å². The molecule has 2 aromatic carbocycles. The van der Waals surface area contributed by atoms with Gasteiger partial charge >= 0.3 is 0 Å². The van der Waals surface area contributed by atoms with E-state index in [-0.39, 0.29) is 5.91 Å². The van der Waals surface area contributed by atoms with Gasteiger partial charge in [0.2, 0.25) is 0 Å². The molecule has 3 rings (SSSR count). The smallest absolute Gasteiger partial charge is 0.267 e. The number of hydrogen-bond acceptors (Lipinski definition) is 2. The van der Waals surface area contributed by atoms with E-state index in [1.807, 2.05) is 43.3 Å². The summed E-state index contributed by atoms with van der Waals surface area (Å²) < 4.78 is 0. The van der Waals surface area contributed by atoms with Gasteiger partial charge in [0, 0.05) is 5.02 Å². The molecule has 0 bridgehead atoms. The molecule has 0 unspecified atom stereocenters. The number of anilines is 1. The second kappa shape index (κ2) is 5.54. The summed E-state index contributed by atoms with van der Waals surface area (Å²) in [5.41, 5.74) is 3.00. The van der Waals surface area contributed by atoms with Crippen molar-refractivity contribution in [2.45, 2.75) is 6.92 Å². The molecular weight excluding hydrogens is 284 g/mol. The normalized spacial score (nSPS) is 16.5. The Kier molecular flexibility index (Phi) is 3.59. The Balaban J connectivity index is 1.94. The number of nitrogens with zero attached hydrogens (tertiary/aromatic N) is 2. The van der Waals surface area contributed by atoms with E-state index in [2.05, 4.69) is 5.10 Å². The van der Waals surface area contributed by atoms with Crippen molar-refractivity contribution < 1.29 is 4.79 Å². The molecule has 3 nitrogen and oxygen atoms in total. The van der Waals surface area contributed by atoms with Gasteiger partial charge in [-0.3, -0.25) is 4.79 Å². The molecule has 4 heteroatoms. The van der Waals surface area contributed by atoms with Gasteiger partial charge in [-0.15, -0.1) is 0 Å². The van der Waals surface area contributed by atoms with E-state index < -0.39 is 0 Å². The van der Waals surface area contributed by atoms with Crippen LogP contribution in [0.15, 0.2) is 65.3 Å². The Morgan fingerprint density at radius 2 is 1.71 bits per heavy atom. The lowest BCUT2D eigenvalue weighted by molar-refractivity contribution is -0.114. The van der Waals surface area contributed by atoms with E-state index in [0.29, 0.717) is 22.0 Å². The Morgan fingerprint density at radius 3 is 2.38 bits per heavy atom. The van der Waals surface area contributed by atoms with Crippen LogP contribution in [0.1, 0.15) is 12.5 Å². The lowest BCUT2D eigenvalue weighted by Crippen LogP contribution is -2.21. The maximum absolute atomic E-state index is 12.5. The number of hydrogen-bond donors (Lipinski definition) is 0. The van der Waals surface area contributed by atoms with Crippen LogP contribution in [-0.2, 0) is 4.79 Å².